The molecule has 4 nitrogen and oxygen atoms in total. The average molecular weight is 382 g/mol. The number of hydrogen-bond acceptors (Lipinski definition) is 3. The maximum absolute atomic E-state index is 13.6. The van der Waals surface area contributed by atoms with Gasteiger partial charge in [-0.25, -0.2) is 4.39 Å². The fourth-order valence-corrected chi connectivity index (χ4v) is 4.22. The number of ether oxygens (including phenoxy) is 2. The number of fused-ring (bicyclic) bond motifs is 1. The smallest absolute Gasteiger partial charge is 0.161 e. The Morgan fingerprint density at radius 1 is 1.07 bits per heavy atom. The number of hydrogen-bond donors (Lipinski definition) is 2. The van der Waals surface area contributed by atoms with Crippen molar-refractivity contribution in [2.24, 2.45) is 0 Å². The highest BCUT2D eigenvalue weighted by Crippen LogP contribution is 2.36. The van der Waals surface area contributed by atoms with E-state index in [1.807, 2.05) is 30.3 Å². The minimum absolute atomic E-state index is 0.168. The Balaban J connectivity index is 1.25. The zero-order chi connectivity index (χ0) is 19.3. The molecule has 0 amide bonds. The number of nitrogens with one attached hydrogen (secondary N) is 2. The van der Waals surface area contributed by atoms with Crippen molar-refractivity contribution in [2.45, 2.75) is 37.6 Å². The standard InChI is InChI=1S/C23H27FN2O2/c1-27-22-4-2-3-5-23(22)28-13-12-25-18-9-6-16(7-10-18)20-15-26-21-11-8-17(24)14-19(20)21/h2-5,8,11,14-16,18,25-26H,6-7,9-10,12-13H2,1H3/t16-,18+. The molecular formula is C23H27FN2O2. The molecule has 0 aliphatic heterocycles. The number of halogens is 1. The number of rotatable bonds is 7. The van der Waals surface area contributed by atoms with Crippen LogP contribution >= 0.6 is 0 Å². The highest BCUT2D eigenvalue weighted by atomic mass is 19.1. The third-order valence-corrected chi connectivity index (χ3v) is 5.70. The maximum Gasteiger partial charge on any atom is 0.161 e. The van der Waals surface area contributed by atoms with Crippen molar-refractivity contribution in [3.8, 4) is 11.5 Å². The van der Waals surface area contributed by atoms with Crippen LogP contribution in [0.4, 0.5) is 4.39 Å². The molecule has 0 radical (unpaired) electrons. The van der Waals surface area contributed by atoms with Gasteiger partial charge in [-0.3, -0.25) is 0 Å². The first-order valence-electron chi connectivity index (χ1n) is 10.0. The lowest BCUT2D eigenvalue weighted by Gasteiger charge is -2.29. The first-order chi connectivity index (χ1) is 13.7. The zero-order valence-electron chi connectivity index (χ0n) is 16.2. The van der Waals surface area contributed by atoms with E-state index in [0.29, 0.717) is 18.6 Å². The van der Waals surface area contributed by atoms with Crippen LogP contribution in [-0.2, 0) is 0 Å². The molecule has 28 heavy (non-hydrogen) atoms. The van der Waals surface area contributed by atoms with E-state index in [0.717, 1.165) is 54.6 Å². The van der Waals surface area contributed by atoms with Crippen LogP contribution in [-0.4, -0.2) is 31.3 Å². The molecule has 1 heterocycles. The van der Waals surface area contributed by atoms with Gasteiger partial charge in [0.25, 0.3) is 0 Å². The van der Waals surface area contributed by atoms with Crippen molar-refractivity contribution in [1.82, 2.24) is 10.3 Å². The highest BCUT2D eigenvalue weighted by molar-refractivity contribution is 5.83. The number of benzene rings is 2. The molecule has 0 saturated heterocycles. The van der Waals surface area contributed by atoms with Gasteiger partial charge in [-0.2, -0.15) is 0 Å². The van der Waals surface area contributed by atoms with Crippen LogP contribution in [0.1, 0.15) is 37.2 Å². The van der Waals surface area contributed by atoms with Crippen LogP contribution < -0.4 is 14.8 Å². The molecule has 2 N–H and O–H groups in total. The molecule has 4 rings (SSSR count). The number of methoxy groups -OCH3 is 1. The Labute approximate surface area is 165 Å². The molecule has 1 aromatic heterocycles. The number of aromatic amines is 1. The summed E-state index contributed by atoms with van der Waals surface area (Å²) in [5.41, 5.74) is 2.28. The molecule has 0 unspecified atom stereocenters. The van der Waals surface area contributed by atoms with Gasteiger partial charge in [0.15, 0.2) is 11.5 Å². The number of aromatic nitrogens is 1. The van der Waals surface area contributed by atoms with Crippen molar-refractivity contribution in [2.75, 3.05) is 20.3 Å². The summed E-state index contributed by atoms with van der Waals surface area (Å²) in [6, 6.07) is 13.2. The summed E-state index contributed by atoms with van der Waals surface area (Å²) in [5.74, 6) is 1.87. The zero-order valence-corrected chi connectivity index (χ0v) is 16.2. The Morgan fingerprint density at radius 2 is 1.86 bits per heavy atom. The van der Waals surface area contributed by atoms with Crippen molar-refractivity contribution in [3.63, 3.8) is 0 Å². The SMILES string of the molecule is COc1ccccc1OCCN[C@H]1CC[C@@H](c2c[nH]c3ccc(F)cc32)CC1. The molecule has 0 atom stereocenters. The van der Waals surface area contributed by atoms with Crippen molar-refractivity contribution < 1.29 is 13.9 Å². The molecular weight excluding hydrogens is 355 g/mol. The van der Waals surface area contributed by atoms with Crippen LogP contribution in [0.5, 0.6) is 11.5 Å². The molecule has 0 bridgehead atoms. The number of para-hydroxylation sites is 2. The molecule has 0 spiro atoms. The topological polar surface area (TPSA) is 46.3 Å². The van der Waals surface area contributed by atoms with Gasteiger partial charge in [0.05, 0.1) is 7.11 Å². The predicted molar refractivity (Wildman–Crippen MR) is 110 cm³/mol. The lowest BCUT2D eigenvalue weighted by molar-refractivity contribution is 0.271. The third kappa shape index (κ3) is 4.14. The second-order valence-corrected chi connectivity index (χ2v) is 7.44. The molecule has 3 aromatic rings. The molecule has 2 aromatic carbocycles. The van der Waals surface area contributed by atoms with Gasteiger partial charge in [0.2, 0.25) is 0 Å². The molecule has 1 aliphatic rings. The molecule has 1 aliphatic carbocycles. The van der Waals surface area contributed by atoms with Crippen LogP contribution in [0.3, 0.4) is 0 Å². The van der Waals surface area contributed by atoms with E-state index < -0.39 is 0 Å². The van der Waals surface area contributed by atoms with Crippen LogP contribution in [0.15, 0.2) is 48.7 Å². The van der Waals surface area contributed by atoms with E-state index >= 15 is 0 Å². The normalized spacial score (nSPS) is 19.6. The van der Waals surface area contributed by atoms with E-state index in [4.69, 9.17) is 9.47 Å². The van der Waals surface area contributed by atoms with Crippen LogP contribution in [0.2, 0.25) is 0 Å². The minimum Gasteiger partial charge on any atom is -0.493 e. The van der Waals surface area contributed by atoms with Gasteiger partial charge in [-0.05, 0) is 67.5 Å². The van der Waals surface area contributed by atoms with E-state index in [1.54, 1.807) is 13.2 Å². The summed E-state index contributed by atoms with van der Waals surface area (Å²) < 4.78 is 24.8. The Morgan fingerprint density at radius 3 is 2.64 bits per heavy atom. The summed E-state index contributed by atoms with van der Waals surface area (Å²) >= 11 is 0. The van der Waals surface area contributed by atoms with Gasteiger partial charge in [0, 0.05) is 29.7 Å². The fraction of sp³-hybridized carbons (Fsp3) is 0.391. The molecule has 148 valence electrons. The maximum atomic E-state index is 13.6. The van der Waals surface area contributed by atoms with Crippen LogP contribution in [0, 0.1) is 5.82 Å². The van der Waals surface area contributed by atoms with Crippen molar-refractivity contribution >= 4 is 10.9 Å². The Bertz CT molecular complexity index is 916. The van der Waals surface area contributed by atoms with Crippen LogP contribution in [0.25, 0.3) is 10.9 Å². The van der Waals surface area contributed by atoms with Crippen molar-refractivity contribution in [1.29, 1.82) is 0 Å². The van der Waals surface area contributed by atoms with E-state index in [9.17, 15) is 4.39 Å². The molecule has 5 heteroatoms. The summed E-state index contributed by atoms with van der Waals surface area (Å²) in [6.45, 7) is 1.42. The average Bonchev–Trinajstić information content (AvgIpc) is 3.15. The highest BCUT2D eigenvalue weighted by Gasteiger charge is 2.24. The monoisotopic (exact) mass is 382 g/mol. The molecule has 1 saturated carbocycles. The molecule has 1 fully saturated rings. The lowest BCUT2D eigenvalue weighted by Crippen LogP contribution is -2.35. The summed E-state index contributed by atoms with van der Waals surface area (Å²) in [6.07, 6.45) is 6.55. The van der Waals surface area contributed by atoms with E-state index in [-0.39, 0.29) is 5.82 Å². The minimum atomic E-state index is -0.168. The summed E-state index contributed by atoms with van der Waals surface area (Å²) in [5, 5.41) is 4.64. The Hall–Kier alpha value is -2.53. The van der Waals surface area contributed by atoms with Gasteiger partial charge in [0.1, 0.15) is 12.4 Å². The Kier molecular flexibility index (Phi) is 5.81. The van der Waals surface area contributed by atoms with Gasteiger partial charge >= 0.3 is 0 Å². The first-order valence-corrected chi connectivity index (χ1v) is 10.0. The lowest BCUT2D eigenvalue weighted by atomic mass is 9.81. The summed E-state index contributed by atoms with van der Waals surface area (Å²) in [4.78, 5) is 3.28. The van der Waals surface area contributed by atoms with Gasteiger partial charge in [-0.1, -0.05) is 12.1 Å². The van der Waals surface area contributed by atoms with Crippen molar-refractivity contribution in [3.05, 3.63) is 60.0 Å². The largest absolute Gasteiger partial charge is 0.493 e. The van der Waals surface area contributed by atoms with E-state index in [1.165, 1.54) is 11.6 Å². The summed E-state index contributed by atoms with van der Waals surface area (Å²) in [7, 11) is 1.65. The first kappa shape index (κ1) is 18.8. The third-order valence-electron chi connectivity index (χ3n) is 5.70. The van der Waals surface area contributed by atoms with Gasteiger partial charge < -0.3 is 19.8 Å². The van der Waals surface area contributed by atoms with E-state index in [2.05, 4.69) is 16.5 Å². The quantitative estimate of drug-likeness (QED) is 0.565. The second-order valence-electron chi connectivity index (χ2n) is 7.44. The number of H-pyrrole nitrogens is 1. The second kappa shape index (κ2) is 8.65. The fourth-order valence-electron chi connectivity index (χ4n) is 4.22. The van der Waals surface area contributed by atoms with Gasteiger partial charge in [-0.15, -0.1) is 0 Å². The predicted octanol–water partition coefficient (Wildman–Crippen LogP) is 5.01.